The molecule has 2 heterocycles. The van der Waals surface area contributed by atoms with E-state index in [1.165, 1.54) is 16.9 Å². The van der Waals surface area contributed by atoms with Crippen LogP contribution in [0.1, 0.15) is 36.1 Å². The Bertz CT molecular complexity index is 414. The average Bonchev–Trinajstić information content (AvgIpc) is 2.89. The van der Waals surface area contributed by atoms with Gasteiger partial charge in [0.25, 0.3) is 0 Å². The number of thiophene rings is 1. The third-order valence-electron chi connectivity index (χ3n) is 3.48. The molecule has 1 saturated heterocycles. The van der Waals surface area contributed by atoms with Crippen LogP contribution in [-0.4, -0.2) is 37.2 Å². The monoisotopic (exact) mass is 296 g/mol. The number of hydrogen-bond donors (Lipinski definition) is 1. The quantitative estimate of drug-likeness (QED) is 0.621. The van der Waals surface area contributed by atoms with Gasteiger partial charge in [0, 0.05) is 30.9 Å². The topological polar surface area (TPSA) is 41.6 Å². The van der Waals surface area contributed by atoms with E-state index in [9.17, 15) is 4.79 Å². The molecule has 1 aliphatic rings. The molecule has 0 saturated carbocycles. The minimum Gasteiger partial charge on any atom is -0.362 e. The Morgan fingerprint density at radius 2 is 2.20 bits per heavy atom. The highest BCUT2D eigenvalue weighted by Gasteiger charge is 2.15. The number of carbonyl (C=O) groups is 1. The van der Waals surface area contributed by atoms with E-state index < -0.39 is 0 Å². The summed E-state index contributed by atoms with van der Waals surface area (Å²) in [5.74, 6) is 0.269. The maximum absolute atomic E-state index is 11.9. The van der Waals surface area contributed by atoms with Crippen molar-refractivity contribution in [3.8, 4) is 0 Å². The Labute approximate surface area is 125 Å². The maximum Gasteiger partial charge on any atom is 0.223 e. The highest BCUT2D eigenvalue weighted by molar-refractivity contribution is 7.10. The summed E-state index contributed by atoms with van der Waals surface area (Å²) < 4.78 is 5.53. The Morgan fingerprint density at radius 1 is 1.40 bits per heavy atom. The second-order valence-electron chi connectivity index (χ2n) is 5.25. The number of aryl methyl sites for hydroxylation is 1. The fourth-order valence-electron chi connectivity index (χ4n) is 2.38. The van der Waals surface area contributed by atoms with Crippen molar-refractivity contribution in [3.63, 3.8) is 0 Å². The lowest BCUT2D eigenvalue weighted by molar-refractivity contribution is -0.132. The molecule has 1 fully saturated rings. The summed E-state index contributed by atoms with van der Waals surface area (Å²) in [7, 11) is 0. The first-order chi connectivity index (χ1) is 9.75. The summed E-state index contributed by atoms with van der Waals surface area (Å²) in [6.07, 6.45) is 4.14. The maximum atomic E-state index is 11.9. The molecule has 0 atom stereocenters. The number of piperidine rings is 1. The SMILES string of the molecule is Cc1cc(COCNCCC(=O)N2CCCCC2)cs1. The van der Waals surface area contributed by atoms with Crippen LogP contribution >= 0.6 is 11.3 Å². The van der Waals surface area contributed by atoms with Gasteiger partial charge in [0.1, 0.15) is 0 Å². The van der Waals surface area contributed by atoms with Gasteiger partial charge >= 0.3 is 0 Å². The third-order valence-corrected chi connectivity index (χ3v) is 4.39. The molecule has 0 aromatic carbocycles. The number of nitrogens with one attached hydrogen (secondary N) is 1. The highest BCUT2D eigenvalue weighted by atomic mass is 32.1. The summed E-state index contributed by atoms with van der Waals surface area (Å²) in [4.78, 5) is 15.2. The number of carbonyl (C=O) groups excluding carboxylic acids is 1. The van der Waals surface area contributed by atoms with Crippen LogP contribution < -0.4 is 5.32 Å². The standard InChI is InChI=1S/C15H24N2O2S/c1-13-9-14(11-20-13)10-19-12-16-6-5-15(18)17-7-3-2-4-8-17/h9,11,16H,2-8,10,12H2,1H3. The van der Waals surface area contributed by atoms with E-state index in [2.05, 4.69) is 23.7 Å². The van der Waals surface area contributed by atoms with Gasteiger partial charge in [-0.25, -0.2) is 0 Å². The van der Waals surface area contributed by atoms with Gasteiger partial charge in [-0.05, 0) is 43.2 Å². The average molecular weight is 296 g/mol. The van der Waals surface area contributed by atoms with Crippen molar-refractivity contribution in [1.29, 1.82) is 0 Å². The van der Waals surface area contributed by atoms with E-state index >= 15 is 0 Å². The zero-order chi connectivity index (χ0) is 14.2. The molecule has 0 bridgehead atoms. The molecule has 1 amide bonds. The number of hydrogen-bond acceptors (Lipinski definition) is 4. The summed E-state index contributed by atoms with van der Waals surface area (Å²) in [6.45, 7) is 5.80. The van der Waals surface area contributed by atoms with Crippen molar-refractivity contribution >= 4 is 17.2 Å². The number of amides is 1. The van der Waals surface area contributed by atoms with Crippen LogP contribution in [0.4, 0.5) is 0 Å². The smallest absolute Gasteiger partial charge is 0.223 e. The van der Waals surface area contributed by atoms with Crippen LogP contribution in [0.15, 0.2) is 11.4 Å². The number of likely N-dealkylation sites (tertiary alicyclic amines) is 1. The first-order valence-electron chi connectivity index (χ1n) is 7.36. The van der Waals surface area contributed by atoms with E-state index in [0.717, 1.165) is 25.9 Å². The molecule has 4 nitrogen and oxygen atoms in total. The molecule has 0 aliphatic carbocycles. The van der Waals surface area contributed by atoms with Gasteiger partial charge in [-0.2, -0.15) is 0 Å². The Kier molecular flexibility index (Phi) is 6.50. The van der Waals surface area contributed by atoms with Gasteiger partial charge in [-0.3, -0.25) is 10.1 Å². The molecular weight excluding hydrogens is 272 g/mol. The molecule has 0 spiro atoms. The fraction of sp³-hybridized carbons (Fsp3) is 0.667. The largest absolute Gasteiger partial charge is 0.362 e. The van der Waals surface area contributed by atoms with Crippen molar-refractivity contribution < 1.29 is 9.53 Å². The molecule has 0 radical (unpaired) electrons. The van der Waals surface area contributed by atoms with Crippen molar-refractivity contribution in [2.75, 3.05) is 26.4 Å². The fourth-order valence-corrected chi connectivity index (χ4v) is 3.08. The van der Waals surface area contributed by atoms with Crippen molar-refractivity contribution in [1.82, 2.24) is 10.2 Å². The molecule has 5 heteroatoms. The van der Waals surface area contributed by atoms with Crippen LogP contribution in [0.3, 0.4) is 0 Å². The van der Waals surface area contributed by atoms with Crippen molar-refractivity contribution in [2.45, 2.75) is 39.2 Å². The zero-order valence-corrected chi connectivity index (χ0v) is 13.0. The van der Waals surface area contributed by atoms with Gasteiger partial charge in [0.15, 0.2) is 0 Å². The summed E-state index contributed by atoms with van der Waals surface area (Å²) >= 11 is 1.74. The van der Waals surface area contributed by atoms with Crippen LogP contribution in [-0.2, 0) is 16.1 Å². The first-order valence-corrected chi connectivity index (χ1v) is 8.24. The van der Waals surface area contributed by atoms with Crippen LogP contribution in [0.2, 0.25) is 0 Å². The molecule has 1 N–H and O–H groups in total. The lowest BCUT2D eigenvalue weighted by atomic mass is 10.1. The van der Waals surface area contributed by atoms with Gasteiger partial charge in [0.05, 0.1) is 13.3 Å². The van der Waals surface area contributed by atoms with E-state index in [1.807, 2.05) is 4.90 Å². The molecule has 0 unspecified atom stereocenters. The highest BCUT2D eigenvalue weighted by Crippen LogP contribution is 2.13. The number of ether oxygens (including phenoxy) is 1. The second kappa shape index (κ2) is 8.39. The molecule has 20 heavy (non-hydrogen) atoms. The summed E-state index contributed by atoms with van der Waals surface area (Å²) in [5.41, 5.74) is 1.22. The molecule has 2 rings (SSSR count). The van der Waals surface area contributed by atoms with Crippen LogP contribution in [0, 0.1) is 6.92 Å². The number of nitrogens with zero attached hydrogens (tertiary/aromatic N) is 1. The van der Waals surface area contributed by atoms with Gasteiger partial charge in [-0.1, -0.05) is 0 Å². The molecular formula is C15H24N2O2S. The van der Waals surface area contributed by atoms with Crippen LogP contribution in [0.25, 0.3) is 0 Å². The second-order valence-corrected chi connectivity index (χ2v) is 6.37. The van der Waals surface area contributed by atoms with Gasteiger partial charge < -0.3 is 9.64 Å². The van der Waals surface area contributed by atoms with Crippen molar-refractivity contribution in [2.24, 2.45) is 0 Å². The molecule has 112 valence electrons. The van der Waals surface area contributed by atoms with E-state index in [4.69, 9.17) is 4.74 Å². The summed E-state index contributed by atoms with van der Waals surface area (Å²) in [6, 6.07) is 2.14. The Hall–Kier alpha value is -0.910. The van der Waals surface area contributed by atoms with E-state index in [1.54, 1.807) is 11.3 Å². The van der Waals surface area contributed by atoms with Crippen LogP contribution in [0.5, 0.6) is 0 Å². The lowest BCUT2D eigenvalue weighted by Gasteiger charge is -2.26. The van der Waals surface area contributed by atoms with E-state index in [0.29, 0.717) is 26.3 Å². The predicted octanol–water partition coefficient (Wildman–Crippen LogP) is 2.52. The summed E-state index contributed by atoms with van der Waals surface area (Å²) in [5, 5.41) is 5.29. The minimum absolute atomic E-state index is 0.269. The first kappa shape index (κ1) is 15.5. The molecule has 1 aromatic rings. The van der Waals surface area contributed by atoms with Gasteiger partial charge in [-0.15, -0.1) is 11.3 Å². The number of rotatable bonds is 7. The Morgan fingerprint density at radius 3 is 2.90 bits per heavy atom. The lowest BCUT2D eigenvalue weighted by Crippen LogP contribution is -2.37. The van der Waals surface area contributed by atoms with Gasteiger partial charge in [0.2, 0.25) is 5.91 Å². The minimum atomic E-state index is 0.269. The van der Waals surface area contributed by atoms with E-state index in [-0.39, 0.29) is 5.91 Å². The normalized spacial score (nSPS) is 15.6. The predicted molar refractivity (Wildman–Crippen MR) is 81.8 cm³/mol. The zero-order valence-electron chi connectivity index (χ0n) is 12.2. The van der Waals surface area contributed by atoms with Crippen molar-refractivity contribution in [3.05, 3.63) is 21.9 Å². The molecule has 1 aromatic heterocycles. The Balaban J connectivity index is 1.49. The molecule has 1 aliphatic heterocycles. The third kappa shape index (κ3) is 5.23.